The van der Waals surface area contributed by atoms with E-state index in [2.05, 4.69) is 41.5 Å². The first-order chi connectivity index (χ1) is 18.6. The van der Waals surface area contributed by atoms with Crippen LogP contribution in [0.5, 0.6) is 0 Å². The number of benzene rings is 5. The van der Waals surface area contributed by atoms with Crippen molar-refractivity contribution in [3.05, 3.63) is 69.8 Å². The molecule has 2 heterocycles. The maximum Gasteiger partial charge on any atom is 0.261 e. The highest BCUT2D eigenvalue weighted by Gasteiger charge is 2.38. The van der Waals surface area contributed by atoms with Crippen LogP contribution < -0.4 is 0 Å². The van der Waals surface area contributed by atoms with Gasteiger partial charge in [-0.3, -0.25) is 29.0 Å². The third kappa shape index (κ3) is 2.78. The molecule has 2 aliphatic rings. The molecule has 0 bridgehead atoms. The van der Waals surface area contributed by atoms with E-state index in [1.54, 1.807) is 0 Å². The third-order valence-corrected chi connectivity index (χ3v) is 8.86. The van der Waals surface area contributed by atoms with Crippen LogP contribution >= 0.6 is 0 Å². The monoisotopic (exact) mass is 530 g/mol. The highest BCUT2D eigenvalue weighted by Crippen LogP contribution is 2.51. The summed E-state index contributed by atoms with van der Waals surface area (Å²) in [5.41, 5.74) is 3.36. The number of hydrogen-bond donors (Lipinski definition) is 0. The van der Waals surface area contributed by atoms with E-state index in [-0.39, 0.29) is 34.5 Å². The summed E-state index contributed by atoms with van der Waals surface area (Å²) in [7, 11) is 3.06. The van der Waals surface area contributed by atoms with Crippen LogP contribution in [0.2, 0.25) is 0 Å². The number of carbonyl (C=O) groups excluding carboxylic acids is 4. The molecule has 5 aromatic rings. The second kappa shape index (κ2) is 7.25. The number of fused-ring (bicyclic) bond motifs is 2. The van der Waals surface area contributed by atoms with E-state index < -0.39 is 0 Å². The molecular formula is C34H30N2O4. The van der Waals surface area contributed by atoms with Gasteiger partial charge in [0.1, 0.15) is 0 Å². The average Bonchev–Trinajstić information content (AvgIpc) is 2.89. The molecule has 40 heavy (non-hydrogen) atoms. The van der Waals surface area contributed by atoms with Gasteiger partial charge in [0.2, 0.25) is 0 Å². The molecule has 0 N–H and O–H groups in total. The molecule has 0 saturated carbocycles. The largest absolute Gasteiger partial charge is 0.277 e. The second-order valence-corrected chi connectivity index (χ2v) is 13.4. The summed E-state index contributed by atoms with van der Waals surface area (Å²) < 4.78 is 0. The van der Waals surface area contributed by atoms with Gasteiger partial charge in [-0.25, -0.2) is 0 Å². The quantitative estimate of drug-likeness (QED) is 0.126. The molecule has 0 unspecified atom stereocenters. The Morgan fingerprint density at radius 3 is 1.10 bits per heavy atom. The fourth-order valence-electron chi connectivity index (χ4n) is 6.89. The van der Waals surface area contributed by atoms with Crippen LogP contribution in [0.3, 0.4) is 0 Å². The van der Waals surface area contributed by atoms with E-state index in [1.165, 1.54) is 23.9 Å². The van der Waals surface area contributed by atoms with E-state index in [4.69, 9.17) is 0 Å². The number of amides is 4. The van der Waals surface area contributed by atoms with Crippen LogP contribution in [0.15, 0.2) is 36.4 Å². The van der Waals surface area contributed by atoms with Crippen molar-refractivity contribution >= 4 is 66.7 Å². The van der Waals surface area contributed by atoms with Gasteiger partial charge in [-0.15, -0.1) is 0 Å². The van der Waals surface area contributed by atoms with Gasteiger partial charge in [0.15, 0.2) is 0 Å². The molecule has 0 saturated heterocycles. The van der Waals surface area contributed by atoms with Crippen molar-refractivity contribution in [3.63, 3.8) is 0 Å². The molecule has 2 aliphatic heterocycles. The normalized spacial score (nSPS) is 16.1. The first-order valence-electron chi connectivity index (χ1n) is 13.6. The van der Waals surface area contributed by atoms with E-state index in [0.29, 0.717) is 33.0 Å². The Morgan fingerprint density at radius 2 is 0.775 bits per heavy atom. The summed E-state index contributed by atoms with van der Waals surface area (Å²) >= 11 is 0. The molecule has 5 aromatic carbocycles. The van der Waals surface area contributed by atoms with Crippen molar-refractivity contribution in [2.45, 2.75) is 52.4 Å². The molecule has 0 atom stereocenters. The summed E-state index contributed by atoms with van der Waals surface area (Å²) in [5, 5.41) is 6.91. The number of hydrogen-bond acceptors (Lipinski definition) is 4. The van der Waals surface area contributed by atoms with Crippen molar-refractivity contribution in [3.8, 4) is 0 Å². The Hall–Kier alpha value is -4.32. The molecule has 200 valence electrons. The number of nitrogens with zero attached hydrogens (tertiary/aromatic N) is 2. The van der Waals surface area contributed by atoms with E-state index >= 15 is 0 Å². The maximum absolute atomic E-state index is 13.5. The Balaban J connectivity index is 1.88. The predicted octanol–water partition coefficient (Wildman–Crippen LogP) is 6.78. The Kier molecular flexibility index (Phi) is 4.47. The molecule has 0 aromatic heterocycles. The van der Waals surface area contributed by atoms with Crippen molar-refractivity contribution in [2.24, 2.45) is 0 Å². The van der Waals surface area contributed by atoms with Gasteiger partial charge in [-0.2, -0.15) is 0 Å². The van der Waals surface area contributed by atoms with Crippen LogP contribution in [0.1, 0.15) is 94.1 Å². The van der Waals surface area contributed by atoms with Gasteiger partial charge in [-0.05, 0) is 78.5 Å². The third-order valence-electron chi connectivity index (χ3n) is 8.86. The van der Waals surface area contributed by atoms with E-state index in [0.717, 1.165) is 43.4 Å². The zero-order chi connectivity index (χ0) is 28.8. The molecular weight excluding hydrogens is 500 g/mol. The van der Waals surface area contributed by atoms with Gasteiger partial charge in [-0.1, -0.05) is 53.7 Å². The molecule has 0 spiro atoms. The predicted molar refractivity (Wildman–Crippen MR) is 158 cm³/mol. The summed E-state index contributed by atoms with van der Waals surface area (Å²) in [4.78, 5) is 56.2. The molecule has 0 radical (unpaired) electrons. The average molecular weight is 531 g/mol. The fourth-order valence-corrected chi connectivity index (χ4v) is 6.89. The summed E-state index contributed by atoms with van der Waals surface area (Å²) in [6.45, 7) is 12.7. The molecule has 6 heteroatoms. The summed E-state index contributed by atoms with van der Waals surface area (Å²) in [6.07, 6.45) is 0. The standard InChI is InChI=1S/C34H30N2O4/c1-33(2,3)21-13-19-23-17(29(37)35(7)31(19)39)12-10-16-26-22(34(4,5)6)14-20-24-18(30(38)36(8)32(20)40)11-9-15(28(24)26)25(21)27(16)23/h9-14H,1-8H3. The van der Waals surface area contributed by atoms with Crippen LogP contribution in [0.25, 0.3) is 43.1 Å². The molecule has 7 rings (SSSR count). The molecule has 6 nitrogen and oxygen atoms in total. The van der Waals surface area contributed by atoms with E-state index in [9.17, 15) is 19.2 Å². The topological polar surface area (TPSA) is 74.8 Å². The highest BCUT2D eigenvalue weighted by molar-refractivity contribution is 6.42. The van der Waals surface area contributed by atoms with Crippen molar-refractivity contribution < 1.29 is 19.2 Å². The Labute approximate surface area is 231 Å². The molecule has 0 aliphatic carbocycles. The minimum Gasteiger partial charge on any atom is -0.277 e. The lowest BCUT2D eigenvalue weighted by atomic mass is 9.73. The first-order valence-corrected chi connectivity index (χ1v) is 13.6. The molecule has 4 amide bonds. The van der Waals surface area contributed by atoms with Crippen LogP contribution in [0.4, 0.5) is 0 Å². The maximum atomic E-state index is 13.5. The fraction of sp³-hybridized carbons (Fsp3) is 0.294. The van der Waals surface area contributed by atoms with Crippen molar-refractivity contribution in [1.29, 1.82) is 0 Å². The van der Waals surface area contributed by atoms with Crippen LogP contribution in [-0.2, 0) is 10.8 Å². The van der Waals surface area contributed by atoms with Crippen molar-refractivity contribution in [2.75, 3.05) is 14.1 Å². The minimum absolute atomic E-state index is 0.307. The highest BCUT2D eigenvalue weighted by atomic mass is 16.2. The SMILES string of the molecule is CN1C(=O)c2ccc3c4c(C(C)(C)C)cc5c6c(ccc(c7c(C(C)(C)C)cc(c2c37)C1=O)c64)C(=O)N(C)C5=O. The Bertz CT molecular complexity index is 1920. The Morgan fingerprint density at radius 1 is 0.450 bits per heavy atom. The smallest absolute Gasteiger partial charge is 0.261 e. The lowest BCUT2D eigenvalue weighted by Gasteiger charge is -2.33. The lowest BCUT2D eigenvalue weighted by molar-refractivity contribution is 0.0635. The number of carbonyl (C=O) groups is 4. The van der Waals surface area contributed by atoms with Gasteiger partial charge >= 0.3 is 0 Å². The van der Waals surface area contributed by atoms with Crippen LogP contribution in [-0.4, -0.2) is 47.5 Å². The second-order valence-electron chi connectivity index (χ2n) is 13.4. The van der Waals surface area contributed by atoms with E-state index in [1.807, 2.05) is 36.4 Å². The lowest BCUT2D eigenvalue weighted by Crippen LogP contribution is -2.37. The van der Waals surface area contributed by atoms with Crippen molar-refractivity contribution in [1.82, 2.24) is 9.80 Å². The van der Waals surface area contributed by atoms with Gasteiger partial charge in [0.25, 0.3) is 23.6 Å². The van der Waals surface area contributed by atoms with Gasteiger partial charge in [0, 0.05) is 47.1 Å². The number of rotatable bonds is 0. The minimum atomic E-state index is -0.344. The zero-order valence-electron chi connectivity index (χ0n) is 24.0. The summed E-state index contributed by atoms with van der Waals surface area (Å²) in [5.74, 6) is -1.24. The zero-order valence-corrected chi connectivity index (χ0v) is 24.0. The first kappa shape index (κ1) is 24.7. The van der Waals surface area contributed by atoms with Gasteiger partial charge < -0.3 is 0 Å². The van der Waals surface area contributed by atoms with Gasteiger partial charge in [0.05, 0.1) is 0 Å². The molecule has 0 fully saturated rings. The summed E-state index contributed by atoms with van der Waals surface area (Å²) in [6, 6.07) is 11.5. The number of imide groups is 2. The van der Waals surface area contributed by atoms with Crippen LogP contribution in [0, 0.1) is 0 Å².